The average molecular weight is 254 g/mol. The molecular formula is C16H12ClN. The maximum atomic E-state index is 6.31. The fraction of sp³-hybridized carbons (Fsp3) is 0.0625. The van der Waals surface area contributed by atoms with Gasteiger partial charge in [0.15, 0.2) is 0 Å². The molecule has 1 heterocycles. The van der Waals surface area contributed by atoms with Gasteiger partial charge in [0, 0.05) is 11.1 Å². The molecule has 0 saturated heterocycles. The molecule has 0 radical (unpaired) electrons. The monoisotopic (exact) mass is 253 g/mol. The van der Waals surface area contributed by atoms with Gasteiger partial charge in [-0.05, 0) is 29.5 Å². The van der Waals surface area contributed by atoms with E-state index in [1.807, 2.05) is 25.1 Å². The molecule has 0 saturated carbocycles. The van der Waals surface area contributed by atoms with Crippen molar-refractivity contribution in [3.05, 3.63) is 65.4 Å². The number of aryl methyl sites for hydroxylation is 1. The summed E-state index contributed by atoms with van der Waals surface area (Å²) < 4.78 is 0. The van der Waals surface area contributed by atoms with E-state index in [2.05, 4.69) is 41.4 Å². The van der Waals surface area contributed by atoms with Crippen LogP contribution >= 0.6 is 11.6 Å². The summed E-state index contributed by atoms with van der Waals surface area (Å²) in [6.07, 6.45) is 0. The zero-order chi connectivity index (χ0) is 12.5. The molecule has 0 unspecified atom stereocenters. The van der Waals surface area contributed by atoms with Crippen LogP contribution in [-0.4, -0.2) is 4.98 Å². The number of hydrogen-bond donors (Lipinski definition) is 0. The predicted octanol–water partition coefficient (Wildman–Crippen LogP) is 4.86. The van der Waals surface area contributed by atoms with Crippen LogP contribution in [0.3, 0.4) is 0 Å². The quantitative estimate of drug-likeness (QED) is 0.564. The maximum absolute atomic E-state index is 6.31. The number of halogens is 1. The van der Waals surface area contributed by atoms with E-state index in [0.717, 1.165) is 27.6 Å². The molecule has 0 amide bonds. The fourth-order valence-electron chi connectivity index (χ4n) is 2.25. The fourth-order valence-corrected chi connectivity index (χ4v) is 2.59. The van der Waals surface area contributed by atoms with Crippen LogP contribution in [0.25, 0.3) is 21.9 Å². The second-order valence-corrected chi connectivity index (χ2v) is 4.68. The first-order chi connectivity index (χ1) is 8.75. The highest BCUT2D eigenvalue weighted by molar-refractivity contribution is 6.35. The van der Waals surface area contributed by atoms with Crippen LogP contribution in [-0.2, 0) is 0 Å². The standard InChI is InChI=1S/C16H12ClN/c1-11-10-13-8-5-9-14(15(13)16(17)18-11)12-6-3-2-4-7-12/h2-10H,1H3. The highest BCUT2D eigenvalue weighted by Crippen LogP contribution is 2.32. The van der Waals surface area contributed by atoms with Crippen molar-refractivity contribution in [1.29, 1.82) is 0 Å². The highest BCUT2D eigenvalue weighted by atomic mass is 35.5. The Balaban J connectivity index is 2.37. The van der Waals surface area contributed by atoms with Crippen molar-refractivity contribution in [1.82, 2.24) is 4.98 Å². The van der Waals surface area contributed by atoms with Crippen LogP contribution in [0.15, 0.2) is 54.6 Å². The molecule has 2 aromatic carbocycles. The van der Waals surface area contributed by atoms with Gasteiger partial charge in [0.05, 0.1) is 0 Å². The van der Waals surface area contributed by atoms with Crippen molar-refractivity contribution in [3.63, 3.8) is 0 Å². The summed E-state index contributed by atoms with van der Waals surface area (Å²) in [5.41, 5.74) is 3.24. The van der Waals surface area contributed by atoms with Gasteiger partial charge in [0.1, 0.15) is 5.15 Å². The lowest BCUT2D eigenvalue weighted by Crippen LogP contribution is -1.87. The summed E-state index contributed by atoms with van der Waals surface area (Å²) >= 11 is 6.31. The molecule has 88 valence electrons. The molecule has 0 spiro atoms. The Kier molecular flexibility index (Phi) is 2.77. The highest BCUT2D eigenvalue weighted by Gasteiger charge is 2.08. The van der Waals surface area contributed by atoms with Gasteiger partial charge in [-0.25, -0.2) is 4.98 Å². The molecule has 18 heavy (non-hydrogen) atoms. The van der Waals surface area contributed by atoms with Crippen LogP contribution in [0, 0.1) is 6.92 Å². The van der Waals surface area contributed by atoms with Gasteiger partial charge in [-0.2, -0.15) is 0 Å². The zero-order valence-corrected chi connectivity index (χ0v) is 10.8. The van der Waals surface area contributed by atoms with Gasteiger partial charge in [-0.15, -0.1) is 0 Å². The Labute approximate surface area is 111 Å². The van der Waals surface area contributed by atoms with Crippen molar-refractivity contribution >= 4 is 22.4 Å². The van der Waals surface area contributed by atoms with Gasteiger partial charge < -0.3 is 0 Å². The summed E-state index contributed by atoms with van der Waals surface area (Å²) in [7, 11) is 0. The Hall–Kier alpha value is -1.86. The molecule has 1 nitrogen and oxygen atoms in total. The van der Waals surface area contributed by atoms with E-state index in [9.17, 15) is 0 Å². The van der Waals surface area contributed by atoms with E-state index in [1.54, 1.807) is 0 Å². The minimum atomic E-state index is 0.574. The molecule has 1 aromatic heterocycles. The Morgan fingerprint density at radius 3 is 2.50 bits per heavy atom. The van der Waals surface area contributed by atoms with Crippen molar-refractivity contribution in [2.75, 3.05) is 0 Å². The molecule has 0 N–H and O–H groups in total. The molecular weight excluding hydrogens is 242 g/mol. The topological polar surface area (TPSA) is 12.9 Å². The van der Waals surface area contributed by atoms with Crippen LogP contribution in [0.5, 0.6) is 0 Å². The van der Waals surface area contributed by atoms with E-state index >= 15 is 0 Å². The van der Waals surface area contributed by atoms with Crippen molar-refractivity contribution in [2.45, 2.75) is 6.92 Å². The summed E-state index contributed by atoms with van der Waals surface area (Å²) in [5.74, 6) is 0. The third kappa shape index (κ3) is 1.87. The molecule has 0 atom stereocenters. The lowest BCUT2D eigenvalue weighted by Gasteiger charge is -2.09. The van der Waals surface area contributed by atoms with Crippen LogP contribution in [0.4, 0.5) is 0 Å². The number of fused-ring (bicyclic) bond motifs is 1. The molecule has 3 rings (SSSR count). The van der Waals surface area contributed by atoms with Gasteiger partial charge >= 0.3 is 0 Å². The van der Waals surface area contributed by atoms with E-state index in [4.69, 9.17) is 11.6 Å². The molecule has 0 aliphatic carbocycles. The third-order valence-electron chi connectivity index (χ3n) is 3.03. The minimum Gasteiger partial charge on any atom is -0.241 e. The van der Waals surface area contributed by atoms with Crippen LogP contribution in [0.1, 0.15) is 5.69 Å². The second-order valence-electron chi connectivity index (χ2n) is 4.32. The summed E-state index contributed by atoms with van der Waals surface area (Å²) in [5, 5.41) is 2.73. The van der Waals surface area contributed by atoms with Gasteiger partial charge in [-0.3, -0.25) is 0 Å². The molecule has 2 heteroatoms. The van der Waals surface area contributed by atoms with E-state index in [1.165, 1.54) is 0 Å². The number of aromatic nitrogens is 1. The first-order valence-corrected chi connectivity index (χ1v) is 6.25. The average Bonchev–Trinajstić information content (AvgIpc) is 2.38. The van der Waals surface area contributed by atoms with Crippen LogP contribution in [0.2, 0.25) is 5.15 Å². The normalized spacial score (nSPS) is 10.8. The first kappa shape index (κ1) is 11.2. The summed E-state index contributed by atoms with van der Waals surface area (Å²) in [6, 6.07) is 18.5. The molecule has 0 aliphatic rings. The smallest absolute Gasteiger partial charge is 0.137 e. The van der Waals surface area contributed by atoms with Gasteiger partial charge in [-0.1, -0.05) is 60.1 Å². The van der Waals surface area contributed by atoms with E-state index in [0.29, 0.717) is 5.15 Å². The number of benzene rings is 2. The summed E-state index contributed by atoms with van der Waals surface area (Å²) in [6.45, 7) is 1.96. The number of hydrogen-bond acceptors (Lipinski definition) is 1. The number of rotatable bonds is 1. The van der Waals surface area contributed by atoms with Crippen molar-refractivity contribution in [3.8, 4) is 11.1 Å². The summed E-state index contributed by atoms with van der Waals surface area (Å²) in [4.78, 5) is 4.35. The lowest BCUT2D eigenvalue weighted by atomic mass is 9.99. The Morgan fingerprint density at radius 2 is 1.72 bits per heavy atom. The minimum absolute atomic E-state index is 0.574. The maximum Gasteiger partial charge on any atom is 0.137 e. The number of pyridine rings is 1. The Bertz CT molecular complexity index is 705. The molecule has 0 fully saturated rings. The Morgan fingerprint density at radius 1 is 0.944 bits per heavy atom. The first-order valence-electron chi connectivity index (χ1n) is 5.87. The zero-order valence-electron chi connectivity index (χ0n) is 10.0. The molecule has 0 bridgehead atoms. The van der Waals surface area contributed by atoms with E-state index in [-0.39, 0.29) is 0 Å². The lowest BCUT2D eigenvalue weighted by molar-refractivity contribution is 1.22. The largest absolute Gasteiger partial charge is 0.241 e. The molecule has 3 aromatic rings. The van der Waals surface area contributed by atoms with Crippen LogP contribution < -0.4 is 0 Å². The van der Waals surface area contributed by atoms with Crippen molar-refractivity contribution in [2.24, 2.45) is 0 Å². The van der Waals surface area contributed by atoms with Crippen molar-refractivity contribution < 1.29 is 0 Å². The SMILES string of the molecule is Cc1cc2cccc(-c3ccccc3)c2c(Cl)n1. The second kappa shape index (κ2) is 4.43. The predicted molar refractivity (Wildman–Crippen MR) is 76.9 cm³/mol. The number of nitrogens with zero attached hydrogens (tertiary/aromatic N) is 1. The van der Waals surface area contributed by atoms with Gasteiger partial charge in [0.2, 0.25) is 0 Å². The third-order valence-corrected chi connectivity index (χ3v) is 3.30. The molecule has 0 aliphatic heterocycles. The van der Waals surface area contributed by atoms with Gasteiger partial charge in [0.25, 0.3) is 0 Å². The van der Waals surface area contributed by atoms with E-state index < -0.39 is 0 Å².